The van der Waals surface area contributed by atoms with Crippen molar-refractivity contribution in [2.24, 2.45) is 0 Å². The highest BCUT2D eigenvalue weighted by Crippen LogP contribution is 2.17. The van der Waals surface area contributed by atoms with Gasteiger partial charge in [0.2, 0.25) is 9.84 Å². The van der Waals surface area contributed by atoms with Crippen molar-refractivity contribution >= 4 is 15.5 Å². The highest BCUT2D eigenvalue weighted by atomic mass is 32.2. The summed E-state index contributed by atoms with van der Waals surface area (Å²) in [4.78, 5) is 5.03. The molecule has 90 valence electrons. The maximum atomic E-state index is 11.6. The van der Waals surface area contributed by atoms with Crippen LogP contribution in [0.15, 0.2) is 29.2 Å². The fourth-order valence-electron chi connectivity index (χ4n) is 1.07. The molecule has 0 fully saturated rings. The van der Waals surface area contributed by atoms with Gasteiger partial charge >= 0.3 is 0 Å². The van der Waals surface area contributed by atoms with Gasteiger partial charge in [0.25, 0.3) is 0 Å². The smallest absolute Gasteiger partial charge is 0.204 e. The number of aliphatic hydroxyl groups is 1. The van der Waals surface area contributed by atoms with Crippen LogP contribution in [0.5, 0.6) is 0 Å². The summed E-state index contributed by atoms with van der Waals surface area (Å²) in [5, 5.41) is 9.12. The van der Waals surface area contributed by atoms with E-state index in [1.807, 2.05) is 6.92 Å². The lowest BCUT2D eigenvalue weighted by atomic mass is 10.3. The van der Waals surface area contributed by atoms with E-state index in [-0.39, 0.29) is 4.90 Å². The lowest BCUT2D eigenvalue weighted by Gasteiger charge is -2.08. The molecule has 0 amide bonds. The molecule has 6 heteroatoms. The molecular formula is C10H15NO4S. The number of aliphatic hydroxyl groups excluding tert-OH is 1. The molecule has 16 heavy (non-hydrogen) atoms. The zero-order chi connectivity index (χ0) is 12.2. The maximum Gasteiger partial charge on any atom is 0.204 e. The molecule has 1 aromatic rings. The van der Waals surface area contributed by atoms with E-state index in [4.69, 9.17) is 9.94 Å². The fraction of sp³-hybridized carbons (Fsp3) is 0.400. The molecule has 0 saturated carbocycles. The van der Waals surface area contributed by atoms with Crippen LogP contribution < -0.4 is 5.48 Å². The Morgan fingerprint density at radius 3 is 2.38 bits per heavy atom. The summed E-state index contributed by atoms with van der Waals surface area (Å²) < 4.78 is 23.1. The highest BCUT2D eigenvalue weighted by molar-refractivity contribution is 7.91. The molecule has 0 aromatic heterocycles. The molecule has 1 atom stereocenters. The maximum absolute atomic E-state index is 11.6. The lowest BCUT2D eigenvalue weighted by Crippen LogP contribution is -2.16. The second-order valence-corrected chi connectivity index (χ2v) is 5.45. The molecule has 2 N–H and O–H groups in total. The van der Waals surface area contributed by atoms with Gasteiger partial charge in [-0.3, -0.25) is 10.3 Å². The van der Waals surface area contributed by atoms with Crippen LogP contribution in [-0.4, -0.2) is 25.6 Å². The molecule has 0 spiro atoms. The molecule has 0 aliphatic rings. The third kappa shape index (κ3) is 2.94. The van der Waals surface area contributed by atoms with Crippen molar-refractivity contribution in [1.82, 2.24) is 0 Å². The van der Waals surface area contributed by atoms with Crippen LogP contribution in [0.25, 0.3) is 0 Å². The van der Waals surface area contributed by atoms with Crippen molar-refractivity contribution in [3.05, 3.63) is 24.3 Å². The minimum atomic E-state index is -3.63. The average Bonchev–Trinajstić information content (AvgIpc) is 2.26. The van der Waals surface area contributed by atoms with Gasteiger partial charge < -0.3 is 5.11 Å². The van der Waals surface area contributed by atoms with Crippen LogP contribution in [0, 0.1) is 0 Å². The van der Waals surface area contributed by atoms with Crippen LogP contribution in [0.2, 0.25) is 0 Å². The summed E-state index contributed by atoms with van der Waals surface area (Å²) in [5.74, 6) is 0. The molecule has 0 aliphatic carbocycles. The number of hydrogen-bond acceptors (Lipinski definition) is 5. The minimum absolute atomic E-state index is 0.0875. The van der Waals surface area contributed by atoms with Gasteiger partial charge in [-0.1, -0.05) is 0 Å². The first-order valence-corrected chi connectivity index (χ1v) is 6.43. The van der Waals surface area contributed by atoms with Crippen molar-refractivity contribution in [3.63, 3.8) is 0 Å². The number of hydrogen-bond donors (Lipinski definition) is 2. The number of sulfone groups is 1. The van der Waals surface area contributed by atoms with Gasteiger partial charge in [0, 0.05) is 0 Å². The summed E-state index contributed by atoms with van der Waals surface area (Å²) in [6, 6.07) is 5.99. The molecule has 1 unspecified atom stereocenters. The Morgan fingerprint density at radius 1 is 1.38 bits per heavy atom. The molecule has 1 aromatic carbocycles. The summed E-state index contributed by atoms with van der Waals surface area (Å²) in [7, 11) is -3.63. The van der Waals surface area contributed by atoms with Crippen molar-refractivity contribution in [2.75, 3.05) is 12.1 Å². The van der Waals surface area contributed by atoms with E-state index in [0.717, 1.165) is 0 Å². The predicted molar refractivity (Wildman–Crippen MR) is 60.6 cm³/mol. The molecular weight excluding hydrogens is 230 g/mol. The number of anilines is 1. The number of benzene rings is 1. The topological polar surface area (TPSA) is 75.6 Å². The Kier molecular flexibility index (Phi) is 4.28. The van der Waals surface area contributed by atoms with E-state index in [0.29, 0.717) is 12.3 Å². The first-order chi connectivity index (χ1) is 7.48. The van der Waals surface area contributed by atoms with Gasteiger partial charge in [-0.2, -0.15) is 0 Å². The Balaban J connectivity index is 2.87. The Labute approximate surface area is 94.9 Å². The van der Waals surface area contributed by atoms with Crippen molar-refractivity contribution in [1.29, 1.82) is 0 Å². The standard InChI is InChI=1S/C10H15NO4S/c1-3-15-11-9-4-6-10(7-5-9)16(13,14)8(2)12/h4-8,11-12H,3H2,1-2H3. The van der Waals surface area contributed by atoms with Gasteiger partial charge in [-0.05, 0) is 38.1 Å². The van der Waals surface area contributed by atoms with Crippen molar-refractivity contribution < 1.29 is 18.4 Å². The lowest BCUT2D eigenvalue weighted by molar-refractivity contribution is 0.210. The van der Waals surface area contributed by atoms with E-state index >= 15 is 0 Å². The average molecular weight is 245 g/mol. The number of rotatable bonds is 5. The fourth-order valence-corrected chi connectivity index (χ4v) is 1.97. The zero-order valence-electron chi connectivity index (χ0n) is 9.17. The second-order valence-electron chi connectivity index (χ2n) is 3.20. The SMILES string of the molecule is CCONc1ccc(S(=O)(=O)C(C)O)cc1. The second kappa shape index (κ2) is 5.29. The third-order valence-electron chi connectivity index (χ3n) is 1.97. The van der Waals surface area contributed by atoms with Gasteiger partial charge in [0.15, 0.2) is 5.44 Å². The van der Waals surface area contributed by atoms with Crippen LogP contribution >= 0.6 is 0 Å². The summed E-state index contributed by atoms with van der Waals surface area (Å²) >= 11 is 0. The minimum Gasteiger partial charge on any atom is -0.377 e. The summed E-state index contributed by atoms with van der Waals surface area (Å²) in [5.41, 5.74) is 1.90. The Bertz CT molecular complexity index is 425. The van der Waals surface area contributed by atoms with Crippen molar-refractivity contribution in [2.45, 2.75) is 24.2 Å². The van der Waals surface area contributed by atoms with E-state index in [1.165, 1.54) is 19.1 Å². The van der Waals surface area contributed by atoms with Crippen LogP contribution in [0.1, 0.15) is 13.8 Å². The largest absolute Gasteiger partial charge is 0.377 e. The molecule has 0 radical (unpaired) electrons. The van der Waals surface area contributed by atoms with Gasteiger partial charge in [-0.15, -0.1) is 0 Å². The van der Waals surface area contributed by atoms with E-state index in [9.17, 15) is 8.42 Å². The molecule has 1 rings (SSSR count). The molecule has 0 heterocycles. The highest BCUT2D eigenvalue weighted by Gasteiger charge is 2.20. The van der Waals surface area contributed by atoms with Crippen LogP contribution in [0.3, 0.4) is 0 Å². The van der Waals surface area contributed by atoms with Crippen LogP contribution in [0.4, 0.5) is 5.69 Å². The molecule has 5 nitrogen and oxygen atoms in total. The normalized spacial score (nSPS) is 13.4. The van der Waals surface area contributed by atoms with Gasteiger partial charge in [0.05, 0.1) is 17.2 Å². The quantitative estimate of drug-likeness (QED) is 0.761. The van der Waals surface area contributed by atoms with E-state index in [2.05, 4.69) is 5.48 Å². The summed E-state index contributed by atoms with van der Waals surface area (Å²) in [6.45, 7) is 3.56. The Hall–Kier alpha value is -1.11. The first-order valence-electron chi connectivity index (χ1n) is 4.88. The van der Waals surface area contributed by atoms with E-state index < -0.39 is 15.3 Å². The predicted octanol–water partition coefficient (Wildman–Crippen LogP) is 1.16. The first kappa shape index (κ1) is 13.0. The zero-order valence-corrected chi connectivity index (χ0v) is 9.99. The third-order valence-corrected chi connectivity index (χ3v) is 3.79. The summed E-state index contributed by atoms with van der Waals surface area (Å²) in [6.07, 6.45) is 0. The van der Waals surface area contributed by atoms with Crippen LogP contribution in [-0.2, 0) is 14.7 Å². The molecule has 0 bridgehead atoms. The van der Waals surface area contributed by atoms with Gasteiger partial charge in [0.1, 0.15) is 0 Å². The number of nitrogens with one attached hydrogen (secondary N) is 1. The van der Waals surface area contributed by atoms with Crippen molar-refractivity contribution in [3.8, 4) is 0 Å². The van der Waals surface area contributed by atoms with Gasteiger partial charge in [-0.25, -0.2) is 8.42 Å². The van der Waals surface area contributed by atoms with E-state index in [1.54, 1.807) is 12.1 Å². The Morgan fingerprint density at radius 2 is 1.94 bits per heavy atom. The monoisotopic (exact) mass is 245 g/mol. The molecule has 0 saturated heterocycles. The molecule has 0 aliphatic heterocycles.